The van der Waals surface area contributed by atoms with E-state index in [0.29, 0.717) is 6.54 Å². The van der Waals surface area contributed by atoms with Crippen molar-refractivity contribution in [2.45, 2.75) is 44.8 Å². The van der Waals surface area contributed by atoms with Gasteiger partial charge >= 0.3 is 0 Å². The number of hydrogen-bond acceptors (Lipinski definition) is 2. The van der Waals surface area contributed by atoms with Crippen LogP contribution < -0.4 is 5.32 Å². The highest BCUT2D eigenvalue weighted by Crippen LogP contribution is 2.38. The van der Waals surface area contributed by atoms with E-state index in [2.05, 4.69) is 5.32 Å². The second-order valence-corrected chi connectivity index (χ2v) is 6.46. The van der Waals surface area contributed by atoms with Crippen LogP contribution in [0.2, 0.25) is 0 Å². The first-order valence-corrected chi connectivity index (χ1v) is 7.26. The normalized spacial score (nSPS) is 24.9. The van der Waals surface area contributed by atoms with Crippen LogP contribution in [0.15, 0.2) is 24.3 Å². The predicted molar refractivity (Wildman–Crippen MR) is 75.7 cm³/mol. The average Bonchev–Trinajstić information content (AvgIpc) is 3.22. The molecular weight excluding hydrogens is 271 g/mol. The molecule has 1 aromatic carbocycles. The van der Waals surface area contributed by atoms with E-state index in [9.17, 15) is 14.0 Å². The highest BCUT2D eigenvalue weighted by molar-refractivity contribution is 5.99. The number of nitrogens with one attached hydrogen (secondary N) is 1. The second-order valence-electron chi connectivity index (χ2n) is 6.46. The molecule has 2 amide bonds. The lowest BCUT2D eigenvalue weighted by molar-refractivity contribution is -0.155. The van der Waals surface area contributed by atoms with Crippen molar-refractivity contribution < 1.29 is 14.0 Å². The Labute approximate surface area is 123 Å². The summed E-state index contributed by atoms with van der Waals surface area (Å²) in [7, 11) is 0. The van der Waals surface area contributed by atoms with E-state index in [1.165, 1.54) is 12.1 Å². The van der Waals surface area contributed by atoms with Crippen molar-refractivity contribution in [1.82, 2.24) is 10.2 Å². The number of rotatable bonds is 3. The van der Waals surface area contributed by atoms with Crippen molar-refractivity contribution in [3.63, 3.8) is 0 Å². The van der Waals surface area contributed by atoms with Crippen LogP contribution in [0.25, 0.3) is 0 Å². The summed E-state index contributed by atoms with van der Waals surface area (Å²) in [5, 5.41) is 2.81. The van der Waals surface area contributed by atoms with Crippen LogP contribution in [0.3, 0.4) is 0 Å². The molecule has 0 aromatic heterocycles. The number of carbonyl (C=O) groups excluding carboxylic acids is 2. The number of halogens is 1. The molecule has 0 spiro atoms. The Balaban J connectivity index is 1.88. The monoisotopic (exact) mass is 290 g/mol. The Kier molecular flexibility index (Phi) is 3.23. The van der Waals surface area contributed by atoms with E-state index in [1.54, 1.807) is 30.9 Å². The lowest BCUT2D eigenvalue weighted by Gasteiger charge is -2.43. The minimum absolute atomic E-state index is 0.0794. The fraction of sp³-hybridized carbons (Fsp3) is 0.500. The highest BCUT2D eigenvalue weighted by atomic mass is 19.1. The summed E-state index contributed by atoms with van der Waals surface area (Å²) < 4.78 is 13.0. The lowest BCUT2D eigenvalue weighted by atomic mass is 9.94. The van der Waals surface area contributed by atoms with Crippen LogP contribution in [-0.4, -0.2) is 28.3 Å². The molecular formula is C16H19FN2O2. The zero-order chi connectivity index (χ0) is 15.2. The number of amides is 2. The maximum absolute atomic E-state index is 13.0. The molecule has 1 N–H and O–H groups in total. The molecule has 0 bridgehead atoms. The van der Waals surface area contributed by atoms with Gasteiger partial charge in [-0.25, -0.2) is 4.39 Å². The van der Waals surface area contributed by atoms with Crippen LogP contribution >= 0.6 is 0 Å². The topological polar surface area (TPSA) is 49.4 Å². The van der Waals surface area contributed by atoms with Gasteiger partial charge in [0.2, 0.25) is 11.8 Å². The smallest absolute Gasteiger partial charge is 0.248 e. The third kappa shape index (κ3) is 2.64. The molecule has 5 heteroatoms. The largest absolute Gasteiger partial charge is 0.340 e. The third-order valence-electron chi connectivity index (χ3n) is 4.17. The van der Waals surface area contributed by atoms with Crippen molar-refractivity contribution in [3.05, 3.63) is 35.6 Å². The molecule has 0 radical (unpaired) electrons. The van der Waals surface area contributed by atoms with Crippen LogP contribution in [-0.2, 0) is 16.1 Å². The first-order chi connectivity index (χ1) is 9.88. The number of hydrogen-bond donors (Lipinski definition) is 1. The number of carbonyl (C=O) groups is 2. The summed E-state index contributed by atoms with van der Waals surface area (Å²) in [6.45, 7) is 3.78. The Hall–Kier alpha value is -1.91. The summed E-state index contributed by atoms with van der Waals surface area (Å²) in [5.41, 5.74) is -0.0522. The molecule has 2 aliphatic rings. The maximum Gasteiger partial charge on any atom is 0.248 e. The Morgan fingerprint density at radius 3 is 2.43 bits per heavy atom. The van der Waals surface area contributed by atoms with Crippen molar-refractivity contribution in [2.75, 3.05) is 0 Å². The molecule has 21 heavy (non-hydrogen) atoms. The summed E-state index contributed by atoms with van der Waals surface area (Å²) >= 11 is 0. The van der Waals surface area contributed by atoms with Gasteiger partial charge in [-0.3, -0.25) is 9.59 Å². The lowest BCUT2D eigenvalue weighted by Crippen LogP contribution is -2.68. The fourth-order valence-electron chi connectivity index (χ4n) is 2.90. The van der Waals surface area contributed by atoms with Gasteiger partial charge in [0.1, 0.15) is 17.4 Å². The molecule has 1 saturated carbocycles. The van der Waals surface area contributed by atoms with Gasteiger partial charge in [0.05, 0.1) is 0 Å². The Morgan fingerprint density at radius 2 is 1.86 bits per heavy atom. The third-order valence-corrected chi connectivity index (χ3v) is 4.17. The molecule has 1 aliphatic heterocycles. The van der Waals surface area contributed by atoms with Crippen molar-refractivity contribution in [2.24, 2.45) is 5.92 Å². The minimum atomic E-state index is -0.886. The SMILES string of the molecule is CC1(C)NC(=O)C(C2CC2)N(Cc2ccc(F)cc2)C1=O. The van der Waals surface area contributed by atoms with Gasteiger partial charge in [0.25, 0.3) is 0 Å². The van der Waals surface area contributed by atoms with Crippen molar-refractivity contribution in [1.29, 1.82) is 0 Å². The van der Waals surface area contributed by atoms with Gasteiger partial charge in [-0.15, -0.1) is 0 Å². The Morgan fingerprint density at radius 1 is 1.24 bits per heavy atom. The first-order valence-electron chi connectivity index (χ1n) is 7.26. The van der Waals surface area contributed by atoms with Crippen LogP contribution in [0.4, 0.5) is 4.39 Å². The molecule has 2 fully saturated rings. The summed E-state index contributed by atoms with van der Waals surface area (Å²) in [6, 6.07) is 5.68. The van der Waals surface area contributed by atoms with E-state index in [-0.39, 0.29) is 23.5 Å². The second kappa shape index (κ2) is 4.83. The summed E-state index contributed by atoms with van der Waals surface area (Å²) in [5.74, 6) is -0.210. The average molecular weight is 290 g/mol. The van der Waals surface area contributed by atoms with Crippen LogP contribution in [0.1, 0.15) is 32.3 Å². The van der Waals surface area contributed by atoms with Gasteiger partial charge < -0.3 is 10.2 Å². The molecule has 1 aromatic rings. The standard InChI is InChI=1S/C16H19FN2O2/c1-16(2)15(21)19(9-10-3-7-12(17)8-4-10)13(11-5-6-11)14(20)18-16/h3-4,7-8,11,13H,5-6,9H2,1-2H3,(H,18,20). The van der Waals surface area contributed by atoms with E-state index in [1.807, 2.05) is 0 Å². The zero-order valence-corrected chi connectivity index (χ0v) is 12.2. The van der Waals surface area contributed by atoms with E-state index in [0.717, 1.165) is 18.4 Å². The number of nitrogens with zero attached hydrogens (tertiary/aromatic N) is 1. The molecule has 1 aliphatic carbocycles. The van der Waals surface area contributed by atoms with E-state index < -0.39 is 11.6 Å². The Bertz CT molecular complexity index is 578. The molecule has 1 saturated heterocycles. The van der Waals surface area contributed by atoms with Gasteiger partial charge in [-0.05, 0) is 50.3 Å². The zero-order valence-electron chi connectivity index (χ0n) is 12.2. The van der Waals surface area contributed by atoms with E-state index >= 15 is 0 Å². The molecule has 3 rings (SSSR count). The minimum Gasteiger partial charge on any atom is -0.340 e. The summed E-state index contributed by atoms with van der Waals surface area (Å²) in [6.07, 6.45) is 1.96. The van der Waals surface area contributed by atoms with Gasteiger partial charge in [0.15, 0.2) is 0 Å². The first kappa shape index (κ1) is 14.0. The molecule has 1 atom stereocenters. The molecule has 112 valence electrons. The molecule has 4 nitrogen and oxygen atoms in total. The number of benzene rings is 1. The van der Waals surface area contributed by atoms with Crippen molar-refractivity contribution in [3.8, 4) is 0 Å². The quantitative estimate of drug-likeness (QED) is 0.923. The van der Waals surface area contributed by atoms with Crippen LogP contribution in [0.5, 0.6) is 0 Å². The molecule has 1 unspecified atom stereocenters. The maximum atomic E-state index is 13.0. The molecule has 1 heterocycles. The van der Waals surface area contributed by atoms with Gasteiger partial charge in [-0.1, -0.05) is 12.1 Å². The predicted octanol–water partition coefficient (Wildman–Crippen LogP) is 1.84. The van der Waals surface area contributed by atoms with Crippen molar-refractivity contribution >= 4 is 11.8 Å². The van der Waals surface area contributed by atoms with Gasteiger partial charge in [0, 0.05) is 6.54 Å². The highest BCUT2D eigenvalue weighted by Gasteiger charge is 2.50. The van der Waals surface area contributed by atoms with E-state index in [4.69, 9.17) is 0 Å². The fourth-order valence-corrected chi connectivity index (χ4v) is 2.90. The van der Waals surface area contributed by atoms with Crippen LogP contribution in [0, 0.1) is 11.7 Å². The summed E-state index contributed by atoms with van der Waals surface area (Å²) in [4.78, 5) is 26.6. The number of piperazine rings is 1. The van der Waals surface area contributed by atoms with Gasteiger partial charge in [-0.2, -0.15) is 0 Å².